The van der Waals surface area contributed by atoms with Crippen LogP contribution >= 0.6 is 0 Å². The lowest BCUT2D eigenvalue weighted by atomic mass is 10.0. The first-order chi connectivity index (χ1) is 14.8. The van der Waals surface area contributed by atoms with E-state index in [9.17, 15) is 26.4 Å². The topological polar surface area (TPSA) is 98.1 Å². The molecule has 1 amide bonds. The van der Waals surface area contributed by atoms with Crippen LogP contribution in [0.2, 0.25) is 0 Å². The lowest BCUT2D eigenvalue weighted by Gasteiger charge is -2.19. The van der Waals surface area contributed by atoms with Crippen molar-refractivity contribution in [2.24, 2.45) is 0 Å². The highest BCUT2D eigenvalue weighted by Gasteiger charge is 2.39. The third-order valence-corrected chi connectivity index (χ3v) is 6.22. The molecule has 3 aromatic rings. The number of fused-ring (bicyclic) bond motifs is 1. The van der Waals surface area contributed by atoms with Crippen LogP contribution in [0.3, 0.4) is 0 Å². The first kappa shape index (κ1) is 21.9. The zero-order valence-corrected chi connectivity index (χ0v) is 18.1. The van der Waals surface area contributed by atoms with Crippen molar-refractivity contribution in [3.05, 3.63) is 53.7 Å². The molecule has 4 heterocycles. The molecule has 0 saturated carbocycles. The Kier molecular flexibility index (Phi) is 5.07. The summed E-state index contributed by atoms with van der Waals surface area (Å²) in [5, 5.41) is 3.72. The van der Waals surface area contributed by atoms with Gasteiger partial charge in [-0.15, -0.1) is 0 Å². The lowest BCUT2D eigenvalue weighted by molar-refractivity contribution is -0.142. The molecule has 0 spiro atoms. The van der Waals surface area contributed by atoms with Crippen LogP contribution in [-0.4, -0.2) is 46.5 Å². The molecule has 0 aliphatic carbocycles. The van der Waals surface area contributed by atoms with Crippen molar-refractivity contribution in [2.75, 3.05) is 11.2 Å². The number of aryl methyl sites for hydroxylation is 1. The summed E-state index contributed by atoms with van der Waals surface area (Å²) in [5.74, 6) is -0.390. The van der Waals surface area contributed by atoms with Gasteiger partial charge in [-0.25, -0.2) is 13.4 Å². The SMILES string of the molecule is Cc1cc(-c2cncc(S(C)(=O)=O)c2)nc2c1C(=O)N(c1cnn(CC(F)(F)F)c1)[C@H]2C. The van der Waals surface area contributed by atoms with E-state index in [1.54, 1.807) is 19.9 Å². The molecule has 0 N–H and O–H groups in total. The van der Waals surface area contributed by atoms with E-state index in [0.717, 1.165) is 10.9 Å². The average molecular weight is 465 g/mol. The highest BCUT2D eigenvalue weighted by atomic mass is 32.2. The Bertz CT molecular complexity index is 1330. The summed E-state index contributed by atoms with van der Waals surface area (Å²) in [6, 6.07) is 2.55. The molecule has 0 unspecified atom stereocenters. The van der Waals surface area contributed by atoms with Crippen LogP contribution in [0.15, 0.2) is 41.8 Å². The predicted octanol–water partition coefficient (Wildman–Crippen LogP) is 3.34. The van der Waals surface area contributed by atoms with E-state index in [1.807, 2.05) is 0 Å². The number of alkyl halides is 3. The maximum atomic E-state index is 13.1. The summed E-state index contributed by atoms with van der Waals surface area (Å²) in [5.41, 5.74) is 2.54. The summed E-state index contributed by atoms with van der Waals surface area (Å²) in [7, 11) is -3.47. The van der Waals surface area contributed by atoms with E-state index in [0.29, 0.717) is 28.1 Å². The standard InChI is InChI=1S/C20H18F3N5O3S/c1-11-4-16(13-5-15(8-24-6-13)32(3,30)31)26-18-12(2)28(19(29)17(11)18)14-7-25-27(9-14)10-20(21,22)23/h4-9,12H,10H2,1-3H3/t12-/m0/s1. The number of halogens is 3. The largest absolute Gasteiger partial charge is 0.408 e. The Balaban J connectivity index is 1.73. The van der Waals surface area contributed by atoms with Crippen LogP contribution in [-0.2, 0) is 16.4 Å². The van der Waals surface area contributed by atoms with Crippen LogP contribution < -0.4 is 4.90 Å². The van der Waals surface area contributed by atoms with Gasteiger partial charge in [-0.3, -0.25) is 19.4 Å². The first-order valence-corrected chi connectivity index (χ1v) is 11.3. The van der Waals surface area contributed by atoms with Crippen molar-refractivity contribution in [3.63, 3.8) is 0 Å². The van der Waals surface area contributed by atoms with Gasteiger partial charge in [0.2, 0.25) is 0 Å². The van der Waals surface area contributed by atoms with Crippen LogP contribution in [0.25, 0.3) is 11.3 Å². The van der Waals surface area contributed by atoms with Crippen molar-refractivity contribution in [3.8, 4) is 11.3 Å². The third-order valence-electron chi connectivity index (χ3n) is 5.14. The fourth-order valence-electron chi connectivity index (χ4n) is 3.69. The zero-order valence-electron chi connectivity index (χ0n) is 17.3. The Labute approximate surface area is 181 Å². The quantitative estimate of drug-likeness (QED) is 0.586. The lowest BCUT2D eigenvalue weighted by Crippen LogP contribution is -2.26. The van der Waals surface area contributed by atoms with Gasteiger partial charge in [-0.2, -0.15) is 18.3 Å². The van der Waals surface area contributed by atoms with E-state index >= 15 is 0 Å². The Hall–Kier alpha value is -3.28. The smallest absolute Gasteiger partial charge is 0.296 e. The number of aromatic nitrogens is 4. The molecule has 0 bridgehead atoms. The normalized spacial score (nSPS) is 16.5. The molecule has 3 aromatic heterocycles. The molecule has 0 fully saturated rings. The minimum absolute atomic E-state index is 0.0396. The third kappa shape index (κ3) is 3.97. The second kappa shape index (κ2) is 7.40. The molecule has 168 valence electrons. The minimum Gasteiger partial charge on any atom is -0.296 e. The number of carbonyl (C=O) groups is 1. The van der Waals surface area contributed by atoms with Crippen LogP contribution in [0.1, 0.15) is 34.6 Å². The molecular formula is C20H18F3N5O3S. The summed E-state index contributed by atoms with van der Waals surface area (Å²) < 4.78 is 62.4. The number of sulfone groups is 1. The van der Waals surface area contributed by atoms with Gasteiger partial charge in [-0.1, -0.05) is 0 Å². The Morgan fingerprint density at radius 1 is 1.16 bits per heavy atom. The molecule has 0 aromatic carbocycles. The van der Waals surface area contributed by atoms with Gasteiger partial charge in [0.1, 0.15) is 6.54 Å². The molecule has 0 radical (unpaired) electrons. The van der Waals surface area contributed by atoms with E-state index in [1.165, 1.54) is 35.8 Å². The van der Waals surface area contributed by atoms with Gasteiger partial charge in [0.25, 0.3) is 5.91 Å². The molecule has 32 heavy (non-hydrogen) atoms. The second-order valence-corrected chi connectivity index (χ2v) is 9.64. The number of anilines is 1. The maximum absolute atomic E-state index is 13.1. The fraction of sp³-hybridized carbons (Fsp3) is 0.300. The van der Waals surface area contributed by atoms with E-state index in [2.05, 4.69) is 15.1 Å². The van der Waals surface area contributed by atoms with Gasteiger partial charge in [0.05, 0.1) is 39.8 Å². The van der Waals surface area contributed by atoms with Gasteiger partial charge in [-0.05, 0) is 31.5 Å². The maximum Gasteiger partial charge on any atom is 0.408 e. The van der Waals surface area contributed by atoms with Crippen molar-refractivity contribution in [1.29, 1.82) is 0 Å². The number of hydrogen-bond acceptors (Lipinski definition) is 6. The highest BCUT2D eigenvalue weighted by Crippen LogP contribution is 2.39. The monoisotopic (exact) mass is 465 g/mol. The zero-order chi connectivity index (χ0) is 23.4. The number of nitrogens with zero attached hydrogens (tertiary/aromatic N) is 5. The van der Waals surface area contributed by atoms with E-state index in [4.69, 9.17) is 0 Å². The van der Waals surface area contributed by atoms with Crippen LogP contribution in [0.4, 0.5) is 18.9 Å². The Morgan fingerprint density at radius 2 is 1.88 bits per heavy atom. The number of amides is 1. The summed E-state index contributed by atoms with van der Waals surface area (Å²) in [6.07, 6.45) is 1.74. The van der Waals surface area contributed by atoms with E-state index < -0.39 is 34.5 Å². The molecule has 1 aliphatic rings. The van der Waals surface area contributed by atoms with Gasteiger partial charge < -0.3 is 0 Å². The molecule has 1 atom stereocenters. The molecule has 4 rings (SSSR count). The Morgan fingerprint density at radius 3 is 2.53 bits per heavy atom. The number of rotatable bonds is 4. The summed E-state index contributed by atoms with van der Waals surface area (Å²) >= 11 is 0. The van der Waals surface area contributed by atoms with Crippen LogP contribution in [0.5, 0.6) is 0 Å². The number of pyridine rings is 2. The molecule has 8 nitrogen and oxygen atoms in total. The second-order valence-electron chi connectivity index (χ2n) is 7.63. The molecule has 1 aliphatic heterocycles. The van der Waals surface area contributed by atoms with Crippen molar-refractivity contribution in [1.82, 2.24) is 19.7 Å². The van der Waals surface area contributed by atoms with Crippen LogP contribution in [0, 0.1) is 6.92 Å². The number of carbonyl (C=O) groups excluding carboxylic acids is 1. The highest BCUT2D eigenvalue weighted by molar-refractivity contribution is 7.90. The summed E-state index contributed by atoms with van der Waals surface area (Å²) in [6.45, 7) is 2.17. The average Bonchev–Trinajstić information content (AvgIpc) is 3.22. The minimum atomic E-state index is -4.44. The van der Waals surface area contributed by atoms with Crippen molar-refractivity contribution < 1.29 is 26.4 Å². The molecular weight excluding hydrogens is 447 g/mol. The van der Waals surface area contributed by atoms with Crippen molar-refractivity contribution in [2.45, 2.75) is 37.5 Å². The predicted molar refractivity (Wildman–Crippen MR) is 109 cm³/mol. The number of hydrogen-bond donors (Lipinski definition) is 0. The van der Waals surface area contributed by atoms with Gasteiger partial charge in [0.15, 0.2) is 9.84 Å². The first-order valence-electron chi connectivity index (χ1n) is 9.45. The van der Waals surface area contributed by atoms with Gasteiger partial charge in [0, 0.05) is 30.4 Å². The van der Waals surface area contributed by atoms with Gasteiger partial charge >= 0.3 is 6.18 Å². The molecule has 12 heteroatoms. The summed E-state index contributed by atoms with van der Waals surface area (Å²) in [4.78, 5) is 23.0. The van der Waals surface area contributed by atoms with Crippen molar-refractivity contribution >= 4 is 21.4 Å². The molecule has 0 saturated heterocycles. The van der Waals surface area contributed by atoms with E-state index in [-0.39, 0.29) is 10.6 Å². The fourth-order valence-corrected chi connectivity index (χ4v) is 4.29.